The minimum absolute atomic E-state index is 0.00146. The molecule has 0 aliphatic rings. The van der Waals surface area contributed by atoms with Crippen molar-refractivity contribution in [3.63, 3.8) is 0 Å². The second-order valence-corrected chi connectivity index (χ2v) is 4.49. The van der Waals surface area contributed by atoms with Crippen molar-refractivity contribution in [1.29, 1.82) is 0 Å². The van der Waals surface area contributed by atoms with Gasteiger partial charge in [-0.3, -0.25) is 4.90 Å². The van der Waals surface area contributed by atoms with Gasteiger partial charge in [0.25, 0.3) is 5.88 Å². The maximum absolute atomic E-state index is 5.59. The van der Waals surface area contributed by atoms with E-state index in [1.165, 1.54) is 0 Å². The third-order valence-electron chi connectivity index (χ3n) is 2.81. The van der Waals surface area contributed by atoms with Crippen LogP contribution in [0.1, 0.15) is 17.4 Å². The number of nitrogens with zero attached hydrogens (tertiary/aromatic N) is 2. The molecule has 0 bridgehead atoms. The fourth-order valence-corrected chi connectivity index (χ4v) is 1.79. The molecule has 4 heteroatoms. The Balaban J connectivity index is 1.99. The molecular formula is C15H18N2O2. The van der Waals surface area contributed by atoms with Crippen LogP contribution < -0.4 is 4.74 Å². The zero-order valence-corrected chi connectivity index (χ0v) is 11.2. The summed E-state index contributed by atoms with van der Waals surface area (Å²) in [7, 11) is 3.92. The Hall–Kier alpha value is -2.07. The van der Waals surface area contributed by atoms with Gasteiger partial charge in [-0.25, -0.2) is 0 Å². The van der Waals surface area contributed by atoms with Crippen molar-refractivity contribution in [2.75, 3.05) is 14.1 Å². The maximum atomic E-state index is 5.59. The highest BCUT2D eigenvalue weighted by Gasteiger charge is 2.16. The van der Waals surface area contributed by atoms with Crippen LogP contribution >= 0.6 is 0 Å². The smallest absolute Gasteiger partial charge is 0.254 e. The summed E-state index contributed by atoms with van der Waals surface area (Å²) in [6.45, 7) is 4.27. The van der Waals surface area contributed by atoms with Crippen molar-refractivity contribution in [3.8, 4) is 5.88 Å². The first-order valence-corrected chi connectivity index (χ1v) is 6.13. The van der Waals surface area contributed by atoms with Crippen LogP contribution in [0.25, 0.3) is 0 Å². The average Bonchev–Trinajstić information content (AvgIpc) is 2.87. The minimum atomic E-state index is 0.00146. The Morgan fingerprint density at radius 2 is 2.11 bits per heavy atom. The molecule has 0 N–H and O–H groups in total. The summed E-state index contributed by atoms with van der Waals surface area (Å²) < 4.78 is 10.9. The quantitative estimate of drug-likeness (QED) is 0.746. The highest BCUT2D eigenvalue weighted by molar-refractivity contribution is 5.19. The molecule has 1 heterocycles. The molecule has 0 aliphatic carbocycles. The van der Waals surface area contributed by atoms with Crippen molar-refractivity contribution in [2.45, 2.75) is 12.6 Å². The van der Waals surface area contributed by atoms with Crippen LogP contribution in [0.4, 0.5) is 0 Å². The van der Waals surface area contributed by atoms with E-state index in [-0.39, 0.29) is 6.04 Å². The molecule has 0 radical (unpaired) electrons. The Kier molecular flexibility index (Phi) is 4.36. The minimum Gasteiger partial charge on any atom is -0.471 e. The van der Waals surface area contributed by atoms with Crippen LogP contribution in [0, 0.1) is 0 Å². The molecule has 0 spiro atoms. The number of rotatable bonds is 6. The first-order chi connectivity index (χ1) is 9.20. The van der Waals surface area contributed by atoms with Gasteiger partial charge in [0.2, 0.25) is 0 Å². The largest absolute Gasteiger partial charge is 0.471 e. The molecule has 100 valence electrons. The molecule has 1 aromatic heterocycles. The Bertz CT molecular complexity index is 520. The zero-order valence-electron chi connectivity index (χ0n) is 11.2. The van der Waals surface area contributed by atoms with E-state index in [4.69, 9.17) is 9.26 Å². The van der Waals surface area contributed by atoms with Gasteiger partial charge in [0.05, 0.1) is 6.04 Å². The second-order valence-electron chi connectivity index (χ2n) is 4.49. The molecule has 0 fully saturated rings. The molecule has 0 aliphatic heterocycles. The Morgan fingerprint density at radius 3 is 2.74 bits per heavy atom. The molecule has 4 nitrogen and oxygen atoms in total. The van der Waals surface area contributed by atoms with Crippen LogP contribution in [-0.2, 0) is 6.61 Å². The predicted octanol–water partition coefficient (Wildman–Crippen LogP) is 3.04. The van der Waals surface area contributed by atoms with Crippen molar-refractivity contribution in [3.05, 3.63) is 60.4 Å². The van der Waals surface area contributed by atoms with Crippen LogP contribution in [0.2, 0.25) is 0 Å². The van der Waals surface area contributed by atoms with E-state index in [0.717, 1.165) is 11.3 Å². The third kappa shape index (κ3) is 3.45. The normalized spacial score (nSPS) is 12.4. The highest BCUT2D eigenvalue weighted by Crippen LogP contribution is 2.23. The van der Waals surface area contributed by atoms with Crippen LogP contribution in [0.5, 0.6) is 5.88 Å². The number of hydrogen-bond acceptors (Lipinski definition) is 4. The second kappa shape index (κ2) is 6.20. The van der Waals surface area contributed by atoms with Gasteiger partial charge >= 0.3 is 0 Å². The van der Waals surface area contributed by atoms with Gasteiger partial charge in [-0.05, 0) is 24.8 Å². The number of likely N-dealkylation sites (N-methyl/N-ethyl adjacent to an activating group) is 1. The SMILES string of the molecule is C=CC(c1cc(OCc2ccccc2)no1)N(C)C. The van der Waals surface area contributed by atoms with E-state index in [2.05, 4.69) is 11.7 Å². The molecule has 1 unspecified atom stereocenters. The van der Waals surface area contributed by atoms with Gasteiger partial charge in [-0.1, -0.05) is 36.4 Å². The van der Waals surface area contributed by atoms with E-state index in [1.807, 2.05) is 55.4 Å². The molecule has 19 heavy (non-hydrogen) atoms. The summed E-state index contributed by atoms with van der Waals surface area (Å²) in [5.41, 5.74) is 1.10. The van der Waals surface area contributed by atoms with E-state index in [0.29, 0.717) is 12.5 Å². The van der Waals surface area contributed by atoms with Crippen molar-refractivity contribution in [2.24, 2.45) is 0 Å². The van der Waals surface area contributed by atoms with E-state index >= 15 is 0 Å². The molecule has 2 rings (SSSR count). The summed E-state index contributed by atoms with van der Waals surface area (Å²) in [4.78, 5) is 1.99. The first kappa shape index (κ1) is 13.4. The lowest BCUT2D eigenvalue weighted by Gasteiger charge is -2.16. The topological polar surface area (TPSA) is 38.5 Å². The molecule has 0 saturated heterocycles. The van der Waals surface area contributed by atoms with E-state index in [9.17, 15) is 0 Å². The fraction of sp³-hybridized carbons (Fsp3) is 0.267. The zero-order chi connectivity index (χ0) is 13.7. The molecular weight excluding hydrogens is 240 g/mol. The van der Waals surface area contributed by atoms with Gasteiger partial charge in [0.15, 0.2) is 5.76 Å². The van der Waals surface area contributed by atoms with Gasteiger partial charge < -0.3 is 9.26 Å². The lowest BCUT2D eigenvalue weighted by atomic mass is 10.2. The lowest BCUT2D eigenvalue weighted by Crippen LogP contribution is -2.16. The monoisotopic (exact) mass is 258 g/mol. The molecule has 0 amide bonds. The summed E-state index contributed by atoms with van der Waals surface area (Å²) in [5, 5.41) is 3.91. The highest BCUT2D eigenvalue weighted by atomic mass is 16.5. The van der Waals surface area contributed by atoms with Crippen LogP contribution in [0.3, 0.4) is 0 Å². The standard InChI is InChI=1S/C15H18N2O2/c1-4-13(17(2)3)14-10-15(16-19-14)18-11-12-8-6-5-7-9-12/h4-10,13H,1,11H2,2-3H3. The van der Waals surface area contributed by atoms with E-state index < -0.39 is 0 Å². The van der Waals surface area contributed by atoms with Crippen LogP contribution in [0.15, 0.2) is 53.6 Å². The lowest BCUT2D eigenvalue weighted by molar-refractivity contribution is 0.248. The van der Waals surface area contributed by atoms with Crippen molar-refractivity contribution in [1.82, 2.24) is 10.1 Å². The van der Waals surface area contributed by atoms with Gasteiger partial charge in [-0.2, -0.15) is 0 Å². The fourth-order valence-electron chi connectivity index (χ4n) is 1.79. The summed E-state index contributed by atoms with van der Waals surface area (Å²) in [6.07, 6.45) is 1.81. The number of ether oxygens (including phenoxy) is 1. The first-order valence-electron chi connectivity index (χ1n) is 6.13. The van der Waals surface area contributed by atoms with E-state index in [1.54, 1.807) is 6.07 Å². The Morgan fingerprint density at radius 1 is 1.37 bits per heavy atom. The molecule has 2 aromatic rings. The third-order valence-corrected chi connectivity index (χ3v) is 2.81. The Labute approximate surface area is 113 Å². The molecule has 1 atom stereocenters. The number of benzene rings is 1. The van der Waals surface area contributed by atoms with Gasteiger partial charge in [-0.15, -0.1) is 6.58 Å². The number of aromatic nitrogens is 1. The summed E-state index contributed by atoms with van der Waals surface area (Å²) >= 11 is 0. The molecule has 0 saturated carbocycles. The number of hydrogen-bond donors (Lipinski definition) is 0. The van der Waals surface area contributed by atoms with Gasteiger partial charge in [0.1, 0.15) is 6.61 Å². The van der Waals surface area contributed by atoms with Crippen molar-refractivity contribution >= 4 is 0 Å². The summed E-state index contributed by atoms with van der Waals surface area (Å²) in [6, 6.07) is 11.8. The maximum Gasteiger partial charge on any atom is 0.254 e. The van der Waals surface area contributed by atoms with Crippen LogP contribution in [-0.4, -0.2) is 24.2 Å². The summed E-state index contributed by atoms with van der Waals surface area (Å²) in [5.74, 6) is 1.22. The van der Waals surface area contributed by atoms with Gasteiger partial charge in [0, 0.05) is 6.07 Å². The average molecular weight is 258 g/mol. The molecule has 1 aromatic carbocycles. The predicted molar refractivity (Wildman–Crippen MR) is 73.9 cm³/mol. The van der Waals surface area contributed by atoms with Crippen molar-refractivity contribution < 1.29 is 9.26 Å².